The van der Waals surface area contributed by atoms with Gasteiger partial charge in [0.15, 0.2) is 5.69 Å². The molecule has 0 saturated heterocycles. The van der Waals surface area contributed by atoms with Gasteiger partial charge in [0.05, 0.1) is 6.20 Å². The van der Waals surface area contributed by atoms with Gasteiger partial charge >= 0.3 is 12.7 Å². The van der Waals surface area contributed by atoms with Gasteiger partial charge in [0.25, 0.3) is 0 Å². The molecule has 2 aromatic heterocycles. The van der Waals surface area contributed by atoms with E-state index in [2.05, 4.69) is 15.3 Å². The Kier molecular flexibility index (Phi) is 3.08. The molecule has 10 heteroatoms. The number of aromatic hydroxyl groups is 1. The zero-order valence-electron chi connectivity index (χ0n) is 8.94. The Hall–Kier alpha value is -2.26. The first kappa shape index (κ1) is 13.2. The van der Waals surface area contributed by atoms with Gasteiger partial charge in [0, 0.05) is 17.8 Å². The summed E-state index contributed by atoms with van der Waals surface area (Å²) in [6.07, 6.45) is -2.99. The molecule has 102 valence electrons. The van der Waals surface area contributed by atoms with Crippen molar-refractivity contribution >= 4 is 0 Å². The Morgan fingerprint density at radius 3 is 2.37 bits per heavy atom. The first-order chi connectivity index (χ1) is 8.79. The Balaban J connectivity index is 2.40. The summed E-state index contributed by atoms with van der Waals surface area (Å²) in [6, 6.07) is 0.363. The Bertz CT molecular complexity index is 595. The lowest BCUT2D eigenvalue weighted by molar-refractivity contribution is -0.141. The van der Waals surface area contributed by atoms with Crippen molar-refractivity contribution in [2.24, 2.45) is 0 Å². The van der Waals surface area contributed by atoms with Crippen LogP contribution < -0.4 is 0 Å². The van der Waals surface area contributed by atoms with Crippen LogP contribution in [0.25, 0.3) is 11.3 Å². The number of rotatable bonds is 2. The summed E-state index contributed by atoms with van der Waals surface area (Å²) >= 11 is 0. The average Bonchev–Trinajstić information content (AvgIpc) is 2.76. The Morgan fingerprint density at radius 1 is 1.21 bits per heavy atom. The summed E-state index contributed by atoms with van der Waals surface area (Å²) in [7, 11) is 0. The van der Waals surface area contributed by atoms with Gasteiger partial charge in [-0.05, 0) is 0 Å². The van der Waals surface area contributed by atoms with E-state index in [1.165, 1.54) is 0 Å². The lowest BCUT2D eigenvalue weighted by Gasteiger charge is -2.06. The highest BCUT2D eigenvalue weighted by molar-refractivity contribution is 5.63. The molecule has 0 aliphatic rings. The van der Waals surface area contributed by atoms with Crippen molar-refractivity contribution in [3.63, 3.8) is 0 Å². The second kappa shape index (κ2) is 4.44. The molecule has 2 rings (SSSR count). The Labute approximate surface area is 102 Å². The van der Waals surface area contributed by atoms with Gasteiger partial charge < -0.3 is 5.11 Å². The molecule has 0 radical (unpaired) electrons. The molecule has 0 amide bonds. The summed E-state index contributed by atoms with van der Waals surface area (Å²) in [5, 5.41) is 18.7. The van der Waals surface area contributed by atoms with E-state index >= 15 is 0 Å². The molecule has 0 aliphatic heterocycles. The third-order valence-corrected chi connectivity index (χ3v) is 2.14. The molecule has 0 fully saturated rings. The van der Waals surface area contributed by atoms with Crippen LogP contribution in [0.3, 0.4) is 0 Å². The fourth-order valence-corrected chi connectivity index (χ4v) is 1.29. The lowest BCUT2D eigenvalue weighted by atomic mass is 10.2. The molecular formula is C9H5F5N4O. The van der Waals surface area contributed by atoms with Crippen molar-refractivity contribution in [1.29, 1.82) is 0 Å². The minimum absolute atomic E-state index is 0.0703. The van der Waals surface area contributed by atoms with Crippen LogP contribution in [-0.2, 0) is 6.18 Å². The van der Waals surface area contributed by atoms with Crippen molar-refractivity contribution in [3.05, 3.63) is 24.2 Å². The fourth-order valence-electron chi connectivity index (χ4n) is 1.29. The molecule has 0 unspecified atom stereocenters. The normalized spacial score (nSPS) is 12.1. The van der Waals surface area contributed by atoms with E-state index < -0.39 is 24.2 Å². The highest BCUT2D eigenvalue weighted by Crippen LogP contribution is 2.33. The standard InChI is InChI=1S/C9H5F5N4O/c10-8(11)18-3-4(2-15-18)7-5(19)1-6(16-17-7)9(12,13)14/h1-3,8H,(H,16,19). The number of nitrogens with zero attached hydrogens (tertiary/aromatic N) is 4. The second-order valence-electron chi connectivity index (χ2n) is 3.45. The molecule has 1 N–H and O–H groups in total. The Morgan fingerprint density at radius 2 is 1.89 bits per heavy atom. The van der Waals surface area contributed by atoms with Crippen molar-refractivity contribution in [2.75, 3.05) is 0 Å². The first-order valence-corrected chi connectivity index (χ1v) is 4.75. The van der Waals surface area contributed by atoms with E-state index in [1.807, 2.05) is 0 Å². The van der Waals surface area contributed by atoms with E-state index in [1.54, 1.807) is 0 Å². The third-order valence-electron chi connectivity index (χ3n) is 2.14. The SMILES string of the molecule is Oc1cc(C(F)(F)F)nnc1-c1cnn(C(F)F)c1. The molecule has 0 atom stereocenters. The largest absolute Gasteiger partial charge is 0.506 e. The fraction of sp³-hybridized carbons (Fsp3) is 0.222. The van der Waals surface area contributed by atoms with Gasteiger partial charge in [-0.25, -0.2) is 4.68 Å². The second-order valence-corrected chi connectivity index (χ2v) is 3.45. The summed E-state index contributed by atoms with van der Waals surface area (Å²) < 4.78 is 61.7. The number of aromatic nitrogens is 4. The van der Waals surface area contributed by atoms with Crippen molar-refractivity contribution in [3.8, 4) is 17.0 Å². The topological polar surface area (TPSA) is 63.8 Å². The molecule has 2 aromatic rings. The first-order valence-electron chi connectivity index (χ1n) is 4.75. The summed E-state index contributed by atoms with van der Waals surface area (Å²) in [5.41, 5.74) is -1.81. The van der Waals surface area contributed by atoms with Gasteiger partial charge in [-0.2, -0.15) is 27.1 Å². The molecule has 0 bridgehead atoms. The molecular weight excluding hydrogens is 275 g/mol. The minimum atomic E-state index is -4.75. The smallest absolute Gasteiger partial charge is 0.435 e. The van der Waals surface area contributed by atoms with Crippen molar-refractivity contribution < 1.29 is 27.1 Å². The monoisotopic (exact) mass is 280 g/mol. The molecule has 0 saturated carbocycles. The van der Waals surface area contributed by atoms with Gasteiger partial charge in [-0.3, -0.25) is 0 Å². The van der Waals surface area contributed by atoms with Crippen LogP contribution in [0.1, 0.15) is 12.2 Å². The number of hydrogen-bond donors (Lipinski definition) is 1. The van der Waals surface area contributed by atoms with Crippen LogP contribution in [0.4, 0.5) is 22.0 Å². The van der Waals surface area contributed by atoms with E-state index in [9.17, 15) is 27.1 Å². The third kappa shape index (κ3) is 2.61. The number of hydrogen-bond acceptors (Lipinski definition) is 4. The molecule has 19 heavy (non-hydrogen) atoms. The van der Waals surface area contributed by atoms with Crippen LogP contribution in [0.15, 0.2) is 18.5 Å². The molecule has 0 spiro atoms. The maximum Gasteiger partial charge on any atom is 0.435 e. The molecule has 0 aliphatic carbocycles. The van der Waals surface area contributed by atoms with E-state index in [4.69, 9.17) is 0 Å². The molecule has 5 nitrogen and oxygen atoms in total. The van der Waals surface area contributed by atoms with Crippen LogP contribution >= 0.6 is 0 Å². The predicted molar refractivity (Wildman–Crippen MR) is 51.2 cm³/mol. The zero-order valence-corrected chi connectivity index (χ0v) is 8.94. The highest BCUT2D eigenvalue weighted by Gasteiger charge is 2.34. The van der Waals surface area contributed by atoms with Crippen molar-refractivity contribution in [2.45, 2.75) is 12.7 Å². The van der Waals surface area contributed by atoms with Gasteiger partial charge in [-0.1, -0.05) is 0 Å². The highest BCUT2D eigenvalue weighted by atomic mass is 19.4. The summed E-state index contributed by atoms with van der Waals surface area (Å²) in [5.74, 6) is -0.823. The minimum Gasteiger partial charge on any atom is -0.506 e. The predicted octanol–water partition coefficient (Wildman–Crippen LogP) is 2.46. The van der Waals surface area contributed by atoms with Crippen molar-refractivity contribution in [1.82, 2.24) is 20.0 Å². The summed E-state index contributed by atoms with van der Waals surface area (Å²) in [6.45, 7) is -2.90. The quantitative estimate of drug-likeness (QED) is 0.858. The van der Waals surface area contributed by atoms with E-state index in [0.717, 1.165) is 12.4 Å². The van der Waals surface area contributed by atoms with Crippen LogP contribution in [0.5, 0.6) is 5.75 Å². The van der Waals surface area contributed by atoms with Gasteiger partial charge in [0.2, 0.25) is 0 Å². The summed E-state index contributed by atoms with van der Waals surface area (Å²) in [4.78, 5) is 0. The van der Waals surface area contributed by atoms with Crippen LogP contribution in [-0.4, -0.2) is 25.1 Å². The average molecular weight is 280 g/mol. The lowest BCUT2D eigenvalue weighted by Crippen LogP contribution is -2.09. The van der Waals surface area contributed by atoms with Gasteiger partial charge in [-0.15, -0.1) is 10.2 Å². The van der Waals surface area contributed by atoms with E-state index in [-0.39, 0.29) is 15.9 Å². The molecule has 0 aromatic carbocycles. The zero-order chi connectivity index (χ0) is 14.2. The van der Waals surface area contributed by atoms with Gasteiger partial charge in [0.1, 0.15) is 11.4 Å². The molecule has 2 heterocycles. The number of alkyl halides is 5. The maximum atomic E-state index is 12.3. The number of halogens is 5. The van der Waals surface area contributed by atoms with E-state index in [0.29, 0.717) is 6.07 Å². The maximum absolute atomic E-state index is 12.3. The van der Waals surface area contributed by atoms with Crippen LogP contribution in [0, 0.1) is 0 Å². The van der Waals surface area contributed by atoms with Crippen LogP contribution in [0.2, 0.25) is 0 Å².